The summed E-state index contributed by atoms with van der Waals surface area (Å²) in [4.78, 5) is 23.4. The molecule has 1 aliphatic heterocycles. The first kappa shape index (κ1) is 26.9. The van der Waals surface area contributed by atoms with E-state index in [-0.39, 0.29) is 17.4 Å². The van der Waals surface area contributed by atoms with Crippen LogP contribution in [0.5, 0.6) is 11.6 Å². The maximum Gasteiger partial charge on any atom is 0.387 e. The zero-order valence-corrected chi connectivity index (χ0v) is 22.5. The van der Waals surface area contributed by atoms with Crippen molar-refractivity contribution < 1.29 is 27.7 Å². The van der Waals surface area contributed by atoms with Crippen molar-refractivity contribution in [2.45, 2.75) is 32.7 Å². The number of aryl methyl sites for hydroxylation is 1. The number of pyridine rings is 2. The molecule has 41 heavy (non-hydrogen) atoms. The molecule has 5 aromatic rings. The summed E-state index contributed by atoms with van der Waals surface area (Å²) in [6, 6.07) is 16.9. The summed E-state index contributed by atoms with van der Waals surface area (Å²) in [5, 5.41) is 0.703. The lowest BCUT2D eigenvalue weighted by Crippen LogP contribution is -2.21. The Labute approximate surface area is 233 Å². The van der Waals surface area contributed by atoms with E-state index in [1.54, 1.807) is 24.3 Å². The fourth-order valence-corrected chi connectivity index (χ4v) is 4.99. The Morgan fingerprint density at radius 2 is 1.90 bits per heavy atom. The Hall–Kier alpha value is -4.35. The molecule has 212 valence electrons. The predicted molar refractivity (Wildman–Crippen MR) is 149 cm³/mol. The molecule has 1 saturated heterocycles. The number of fused-ring (bicyclic) bond motifs is 2. The van der Waals surface area contributed by atoms with Crippen molar-refractivity contribution in [1.82, 2.24) is 19.1 Å². The van der Waals surface area contributed by atoms with E-state index >= 15 is 0 Å². The minimum Gasteiger partial charge on any atom is -0.478 e. The molecule has 1 unspecified atom stereocenters. The number of halogens is 2. The highest BCUT2D eigenvalue weighted by Gasteiger charge is 2.19. The van der Waals surface area contributed by atoms with Gasteiger partial charge in [-0.25, -0.2) is 4.98 Å². The molecule has 0 N–H and O–H groups in total. The first-order valence-corrected chi connectivity index (χ1v) is 13.3. The zero-order chi connectivity index (χ0) is 28.5. The minimum atomic E-state index is -2.95. The van der Waals surface area contributed by atoms with E-state index in [2.05, 4.69) is 9.72 Å². The van der Waals surface area contributed by atoms with Gasteiger partial charge in [0.2, 0.25) is 5.88 Å². The molecular formula is C30H28F2N4O5. The van der Waals surface area contributed by atoms with E-state index in [0.29, 0.717) is 60.2 Å². The third-order valence-corrected chi connectivity index (χ3v) is 7.06. The third kappa shape index (κ3) is 5.38. The Balaban J connectivity index is 1.45. The summed E-state index contributed by atoms with van der Waals surface area (Å²) >= 11 is 0. The Kier molecular flexibility index (Phi) is 7.38. The van der Waals surface area contributed by atoms with Gasteiger partial charge in [0.1, 0.15) is 18.2 Å². The van der Waals surface area contributed by atoms with Gasteiger partial charge in [-0.3, -0.25) is 9.36 Å². The molecule has 4 heterocycles. The zero-order valence-electron chi connectivity index (χ0n) is 22.5. The van der Waals surface area contributed by atoms with Crippen LogP contribution in [-0.4, -0.2) is 51.6 Å². The molecule has 2 aromatic carbocycles. The van der Waals surface area contributed by atoms with Crippen molar-refractivity contribution in [2.24, 2.45) is 7.05 Å². The second-order valence-corrected chi connectivity index (χ2v) is 9.65. The van der Waals surface area contributed by atoms with Crippen molar-refractivity contribution in [3.8, 4) is 28.4 Å². The van der Waals surface area contributed by atoms with Gasteiger partial charge >= 0.3 is 6.61 Å². The number of hydrogen-bond donors (Lipinski definition) is 0. The van der Waals surface area contributed by atoms with Crippen molar-refractivity contribution in [3.05, 3.63) is 76.8 Å². The second kappa shape index (κ2) is 11.3. The second-order valence-electron chi connectivity index (χ2n) is 9.65. The molecular weight excluding hydrogens is 534 g/mol. The van der Waals surface area contributed by atoms with Crippen LogP contribution in [0, 0.1) is 0 Å². The summed E-state index contributed by atoms with van der Waals surface area (Å²) in [6.07, 6.45) is 0.930. The number of aromatic nitrogens is 4. The highest BCUT2D eigenvalue weighted by molar-refractivity contribution is 5.87. The van der Waals surface area contributed by atoms with Crippen LogP contribution in [0.15, 0.2) is 65.5 Å². The maximum absolute atomic E-state index is 14.1. The summed E-state index contributed by atoms with van der Waals surface area (Å²) in [6.45, 7) is 0.956. The van der Waals surface area contributed by atoms with E-state index in [9.17, 15) is 13.6 Å². The quantitative estimate of drug-likeness (QED) is 0.243. The molecule has 0 bridgehead atoms. The summed E-state index contributed by atoms with van der Waals surface area (Å²) in [5.41, 5.74) is 3.28. The van der Waals surface area contributed by atoms with Crippen LogP contribution < -0.4 is 15.0 Å². The molecule has 3 aromatic heterocycles. The first-order valence-electron chi connectivity index (χ1n) is 13.3. The summed E-state index contributed by atoms with van der Waals surface area (Å²) < 4.78 is 50.3. The number of rotatable bonds is 9. The topological polar surface area (TPSA) is 89.6 Å². The summed E-state index contributed by atoms with van der Waals surface area (Å²) in [7, 11) is 1.92. The van der Waals surface area contributed by atoms with Crippen molar-refractivity contribution in [3.63, 3.8) is 0 Å². The molecule has 1 atom stereocenters. The molecule has 11 heteroatoms. The number of nitrogens with zero attached hydrogens (tertiary/aromatic N) is 4. The van der Waals surface area contributed by atoms with Gasteiger partial charge < -0.3 is 23.5 Å². The van der Waals surface area contributed by atoms with Gasteiger partial charge in [-0.15, -0.1) is 0 Å². The highest BCUT2D eigenvalue weighted by Crippen LogP contribution is 2.28. The van der Waals surface area contributed by atoms with E-state index < -0.39 is 6.61 Å². The van der Waals surface area contributed by atoms with Gasteiger partial charge in [-0.1, -0.05) is 6.07 Å². The Bertz CT molecular complexity index is 1760. The minimum absolute atomic E-state index is 0.0119. The molecule has 6 rings (SSSR count). The predicted octanol–water partition coefficient (Wildman–Crippen LogP) is 5.25. The van der Waals surface area contributed by atoms with Crippen LogP contribution in [-0.2, 0) is 23.1 Å². The largest absolute Gasteiger partial charge is 0.478 e. The number of hydrogen-bond acceptors (Lipinski definition) is 7. The Morgan fingerprint density at radius 1 is 1.07 bits per heavy atom. The van der Waals surface area contributed by atoms with Crippen LogP contribution in [0.4, 0.5) is 8.78 Å². The van der Waals surface area contributed by atoms with Crippen LogP contribution in [0.25, 0.3) is 38.9 Å². The smallest absolute Gasteiger partial charge is 0.387 e. The van der Waals surface area contributed by atoms with E-state index in [1.807, 2.05) is 42.8 Å². The van der Waals surface area contributed by atoms with Gasteiger partial charge in [0.25, 0.3) is 5.56 Å². The molecule has 0 radical (unpaired) electrons. The Morgan fingerprint density at radius 3 is 2.63 bits per heavy atom. The molecule has 0 saturated carbocycles. The van der Waals surface area contributed by atoms with Gasteiger partial charge in [-0.2, -0.15) is 13.8 Å². The molecule has 0 aliphatic carbocycles. The molecule has 9 nitrogen and oxygen atoms in total. The number of benzene rings is 2. The fraction of sp³-hybridized carbons (Fsp3) is 0.300. The van der Waals surface area contributed by atoms with Crippen molar-refractivity contribution >= 4 is 22.1 Å². The SMILES string of the molecule is CCOc1ccc2cc(-c3ccc4nc(COC5CCOC5)n(C)c4c3)c(=O)n(-c3ccc(OC(F)F)cc3)c2n1. The van der Waals surface area contributed by atoms with Crippen molar-refractivity contribution in [2.75, 3.05) is 19.8 Å². The lowest BCUT2D eigenvalue weighted by atomic mass is 10.0. The van der Waals surface area contributed by atoms with Gasteiger partial charge in [0.15, 0.2) is 5.65 Å². The monoisotopic (exact) mass is 562 g/mol. The molecule has 1 fully saturated rings. The third-order valence-electron chi connectivity index (χ3n) is 7.06. The van der Waals surface area contributed by atoms with Gasteiger partial charge in [-0.05, 0) is 67.4 Å². The van der Waals surface area contributed by atoms with E-state index in [0.717, 1.165) is 23.3 Å². The van der Waals surface area contributed by atoms with E-state index in [1.165, 1.54) is 16.7 Å². The van der Waals surface area contributed by atoms with Crippen LogP contribution in [0.3, 0.4) is 0 Å². The van der Waals surface area contributed by atoms with E-state index in [4.69, 9.17) is 19.2 Å². The average molecular weight is 563 g/mol. The number of alkyl halides is 2. The first-order chi connectivity index (χ1) is 19.9. The van der Waals surface area contributed by atoms with Gasteiger partial charge in [0.05, 0.1) is 36.0 Å². The lowest BCUT2D eigenvalue weighted by Gasteiger charge is -2.14. The number of imidazole rings is 1. The highest BCUT2D eigenvalue weighted by atomic mass is 19.3. The van der Waals surface area contributed by atoms with Crippen molar-refractivity contribution in [1.29, 1.82) is 0 Å². The molecule has 0 amide bonds. The number of ether oxygens (including phenoxy) is 4. The normalized spacial score (nSPS) is 15.3. The van der Waals surface area contributed by atoms with Gasteiger partial charge in [0, 0.05) is 30.7 Å². The van der Waals surface area contributed by atoms with Crippen LogP contribution >= 0.6 is 0 Å². The maximum atomic E-state index is 14.1. The van der Waals surface area contributed by atoms with Crippen LogP contribution in [0.2, 0.25) is 0 Å². The molecule has 1 aliphatic rings. The summed E-state index contributed by atoms with van der Waals surface area (Å²) in [5.74, 6) is 1.13. The lowest BCUT2D eigenvalue weighted by molar-refractivity contribution is -0.0498. The fourth-order valence-electron chi connectivity index (χ4n) is 4.99. The molecule has 0 spiro atoms. The van der Waals surface area contributed by atoms with Crippen LogP contribution in [0.1, 0.15) is 19.2 Å². The average Bonchev–Trinajstić information content (AvgIpc) is 3.60. The standard InChI is InChI=1S/C30H28F2N4O5/c1-3-39-27-11-5-19-14-23(29(37)36(28(19)34-27)20-6-8-21(9-7-20)41-30(31)32)18-4-10-24-25(15-18)35(2)26(33-24)17-40-22-12-13-38-16-22/h4-11,14-15,22,30H,3,12-13,16-17H2,1-2H3.